The number of rotatable bonds is 4. The van der Waals surface area contributed by atoms with Crippen LogP contribution >= 0.6 is 0 Å². The number of aliphatic carboxylic acids is 1. The molecule has 0 unspecified atom stereocenters. The van der Waals surface area contributed by atoms with Crippen molar-refractivity contribution in [1.29, 1.82) is 0 Å². The van der Waals surface area contributed by atoms with Crippen LogP contribution in [-0.4, -0.2) is 60.6 Å². The highest BCUT2D eigenvalue weighted by molar-refractivity contribution is 7.91. The number of hydrogen-bond donors (Lipinski definition) is 2. The number of amides is 2. The van der Waals surface area contributed by atoms with E-state index in [1.165, 1.54) is 4.90 Å². The molecule has 1 aliphatic rings. The van der Waals surface area contributed by atoms with Crippen LogP contribution in [0.1, 0.15) is 26.7 Å². The first-order chi connectivity index (χ1) is 8.61. The highest BCUT2D eigenvalue weighted by Crippen LogP contribution is 2.13. The molecule has 110 valence electrons. The van der Waals surface area contributed by atoms with Crippen LogP contribution in [0.25, 0.3) is 0 Å². The van der Waals surface area contributed by atoms with Crippen LogP contribution in [-0.2, 0) is 14.6 Å². The minimum atomic E-state index is -3.01. The first kappa shape index (κ1) is 15.7. The number of sulfone groups is 1. The van der Waals surface area contributed by atoms with Crippen LogP contribution in [0.15, 0.2) is 0 Å². The third kappa shape index (κ3) is 5.46. The Kier molecular flexibility index (Phi) is 4.78. The molecule has 2 amide bonds. The van der Waals surface area contributed by atoms with Crippen molar-refractivity contribution in [2.75, 3.05) is 24.6 Å². The predicted molar refractivity (Wildman–Crippen MR) is 69.7 cm³/mol. The Labute approximate surface area is 112 Å². The lowest BCUT2D eigenvalue weighted by molar-refractivity contribution is -0.137. The van der Waals surface area contributed by atoms with Gasteiger partial charge < -0.3 is 15.3 Å². The number of nitrogens with one attached hydrogen (secondary N) is 1. The van der Waals surface area contributed by atoms with E-state index in [2.05, 4.69) is 5.32 Å². The van der Waals surface area contributed by atoms with Gasteiger partial charge in [-0.15, -0.1) is 0 Å². The molecule has 0 atom stereocenters. The average molecular weight is 292 g/mol. The zero-order chi connectivity index (χ0) is 14.7. The normalized spacial score (nSPS) is 18.9. The molecule has 0 spiro atoms. The standard InChI is InChI=1S/C11H20N2O5S/c1-11(2,4-3-9(14)15)12-10(16)13-5-7-19(17,18)8-6-13/h3-8H2,1-2H3,(H,12,16)(H,14,15). The molecule has 2 N–H and O–H groups in total. The van der Waals surface area contributed by atoms with Gasteiger partial charge in [-0.3, -0.25) is 4.79 Å². The fraction of sp³-hybridized carbons (Fsp3) is 0.818. The van der Waals surface area contributed by atoms with Crippen molar-refractivity contribution in [2.45, 2.75) is 32.2 Å². The lowest BCUT2D eigenvalue weighted by Crippen LogP contribution is -2.54. The second kappa shape index (κ2) is 5.77. The van der Waals surface area contributed by atoms with Crippen LogP contribution in [0.2, 0.25) is 0 Å². The SMILES string of the molecule is CC(C)(CCC(=O)O)NC(=O)N1CCS(=O)(=O)CC1. The summed E-state index contributed by atoms with van der Waals surface area (Å²) in [5.74, 6) is -0.947. The maximum atomic E-state index is 11.9. The Hall–Kier alpha value is -1.31. The van der Waals surface area contributed by atoms with Crippen molar-refractivity contribution in [3.05, 3.63) is 0 Å². The Morgan fingerprint density at radius 3 is 2.26 bits per heavy atom. The molecule has 7 nitrogen and oxygen atoms in total. The van der Waals surface area contributed by atoms with Gasteiger partial charge in [0.05, 0.1) is 11.5 Å². The van der Waals surface area contributed by atoms with Crippen LogP contribution in [0, 0.1) is 0 Å². The third-order valence-electron chi connectivity index (χ3n) is 3.04. The van der Waals surface area contributed by atoms with Crippen LogP contribution in [0.3, 0.4) is 0 Å². The number of carbonyl (C=O) groups is 2. The molecule has 0 aromatic rings. The summed E-state index contributed by atoms with van der Waals surface area (Å²) < 4.78 is 22.5. The van der Waals surface area contributed by atoms with Gasteiger partial charge in [0.2, 0.25) is 0 Å². The van der Waals surface area contributed by atoms with Crippen LogP contribution in [0.5, 0.6) is 0 Å². The molecule has 19 heavy (non-hydrogen) atoms. The van der Waals surface area contributed by atoms with Gasteiger partial charge in [-0.1, -0.05) is 0 Å². The van der Waals surface area contributed by atoms with Crippen LogP contribution in [0.4, 0.5) is 4.79 Å². The first-order valence-electron chi connectivity index (χ1n) is 6.11. The average Bonchev–Trinajstić information content (AvgIpc) is 2.25. The first-order valence-corrected chi connectivity index (χ1v) is 7.93. The summed E-state index contributed by atoms with van der Waals surface area (Å²) in [4.78, 5) is 23.9. The monoisotopic (exact) mass is 292 g/mol. The van der Waals surface area contributed by atoms with E-state index in [0.29, 0.717) is 6.42 Å². The van der Waals surface area contributed by atoms with Crippen molar-refractivity contribution in [3.63, 3.8) is 0 Å². The Morgan fingerprint density at radius 2 is 1.79 bits per heavy atom. The lowest BCUT2D eigenvalue weighted by Gasteiger charge is -2.32. The molecule has 8 heteroatoms. The molecule has 0 bridgehead atoms. The fourth-order valence-electron chi connectivity index (χ4n) is 1.77. The number of carboxylic acid groups (broad SMARTS) is 1. The summed E-state index contributed by atoms with van der Waals surface area (Å²) >= 11 is 0. The number of hydrogen-bond acceptors (Lipinski definition) is 4. The maximum Gasteiger partial charge on any atom is 0.317 e. The summed E-state index contributed by atoms with van der Waals surface area (Å²) in [6.07, 6.45) is 0.294. The Balaban J connectivity index is 2.48. The van der Waals surface area contributed by atoms with Crippen molar-refractivity contribution in [2.24, 2.45) is 0 Å². The number of urea groups is 1. The quantitative estimate of drug-likeness (QED) is 0.763. The second-order valence-electron chi connectivity index (χ2n) is 5.35. The number of carbonyl (C=O) groups excluding carboxylic acids is 1. The maximum absolute atomic E-state index is 11.9. The fourth-order valence-corrected chi connectivity index (χ4v) is 2.97. The molecular formula is C11H20N2O5S. The van der Waals surface area contributed by atoms with Gasteiger partial charge in [0, 0.05) is 25.0 Å². The molecule has 0 radical (unpaired) electrons. The van der Waals surface area contributed by atoms with E-state index in [-0.39, 0.29) is 37.0 Å². The predicted octanol–water partition coefficient (Wildman–Crippen LogP) is 0.0698. The van der Waals surface area contributed by atoms with Gasteiger partial charge in [-0.2, -0.15) is 0 Å². The molecule has 1 heterocycles. The lowest BCUT2D eigenvalue weighted by atomic mass is 9.99. The van der Waals surface area contributed by atoms with Crippen molar-refractivity contribution >= 4 is 21.8 Å². The molecule has 0 saturated carbocycles. The Morgan fingerprint density at radius 1 is 1.26 bits per heavy atom. The van der Waals surface area contributed by atoms with Crippen molar-refractivity contribution < 1.29 is 23.1 Å². The number of nitrogens with zero attached hydrogens (tertiary/aromatic N) is 1. The largest absolute Gasteiger partial charge is 0.481 e. The van der Waals surface area contributed by atoms with E-state index >= 15 is 0 Å². The van der Waals surface area contributed by atoms with Gasteiger partial charge >= 0.3 is 12.0 Å². The van der Waals surface area contributed by atoms with Gasteiger partial charge in [0.25, 0.3) is 0 Å². The van der Waals surface area contributed by atoms with Gasteiger partial charge in [0.1, 0.15) is 0 Å². The Bertz CT molecular complexity index is 444. The molecular weight excluding hydrogens is 272 g/mol. The summed E-state index contributed by atoms with van der Waals surface area (Å²) in [6.45, 7) is 3.86. The molecule has 1 saturated heterocycles. The zero-order valence-corrected chi connectivity index (χ0v) is 12.0. The number of carboxylic acids is 1. The van der Waals surface area contributed by atoms with Crippen molar-refractivity contribution in [1.82, 2.24) is 10.2 Å². The van der Waals surface area contributed by atoms with Crippen molar-refractivity contribution in [3.8, 4) is 0 Å². The summed E-state index contributed by atoms with van der Waals surface area (Å²) in [5.41, 5.74) is -0.633. The summed E-state index contributed by atoms with van der Waals surface area (Å²) in [6, 6.07) is -0.342. The molecule has 0 aliphatic carbocycles. The molecule has 1 aliphatic heterocycles. The molecule has 1 fully saturated rings. The highest BCUT2D eigenvalue weighted by atomic mass is 32.2. The van der Waals surface area contributed by atoms with E-state index in [4.69, 9.17) is 5.11 Å². The zero-order valence-electron chi connectivity index (χ0n) is 11.2. The van der Waals surface area contributed by atoms with Gasteiger partial charge in [0.15, 0.2) is 9.84 Å². The molecule has 1 rings (SSSR count). The smallest absolute Gasteiger partial charge is 0.317 e. The minimum Gasteiger partial charge on any atom is -0.481 e. The van der Waals surface area contributed by atoms with E-state index in [1.54, 1.807) is 13.8 Å². The molecule has 0 aromatic carbocycles. The summed E-state index contributed by atoms with van der Waals surface area (Å²) in [7, 11) is -3.01. The minimum absolute atomic E-state index is 0.0179. The molecule has 0 aromatic heterocycles. The van der Waals surface area contributed by atoms with Gasteiger partial charge in [-0.05, 0) is 20.3 Å². The van der Waals surface area contributed by atoms with E-state index < -0.39 is 21.3 Å². The van der Waals surface area contributed by atoms with E-state index in [9.17, 15) is 18.0 Å². The van der Waals surface area contributed by atoms with Gasteiger partial charge in [-0.25, -0.2) is 13.2 Å². The highest BCUT2D eigenvalue weighted by Gasteiger charge is 2.28. The summed E-state index contributed by atoms with van der Waals surface area (Å²) in [5, 5.41) is 11.4. The second-order valence-corrected chi connectivity index (χ2v) is 7.65. The van der Waals surface area contributed by atoms with E-state index in [1.807, 2.05) is 0 Å². The van der Waals surface area contributed by atoms with Crippen LogP contribution < -0.4 is 5.32 Å². The topological polar surface area (TPSA) is 104 Å². The van der Waals surface area contributed by atoms with E-state index in [0.717, 1.165) is 0 Å². The third-order valence-corrected chi connectivity index (χ3v) is 4.65.